The van der Waals surface area contributed by atoms with Crippen LogP contribution >= 0.6 is 0 Å². The van der Waals surface area contributed by atoms with Crippen molar-refractivity contribution in [2.24, 2.45) is 0 Å². The summed E-state index contributed by atoms with van der Waals surface area (Å²) in [5, 5.41) is 0. The molecule has 4 nitrogen and oxygen atoms in total. The van der Waals surface area contributed by atoms with Crippen LogP contribution in [0.3, 0.4) is 0 Å². The van der Waals surface area contributed by atoms with Crippen molar-refractivity contribution in [3.8, 4) is 11.4 Å². The van der Waals surface area contributed by atoms with Crippen LogP contribution in [0.25, 0.3) is 5.69 Å². The normalized spacial score (nSPS) is 13.6. The Bertz CT molecular complexity index is 732. The highest BCUT2D eigenvalue weighted by Gasteiger charge is 2.21. The standard InChI is InChI=1S/C17H17NO3/c1-12(19)21-16-11-17(20)18(13-7-3-2-4-8-13)15-10-6-5-9-14(15)16/h2-4,7-8,11H,5-6,9-10H2,1H3. The SMILES string of the molecule is CC(=O)Oc1cc(=O)n(-c2ccccc2)c2c1CCCC2. The lowest BCUT2D eigenvalue weighted by atomic mass is 9.94. The maximum Gasteiger partial charge on any atom is 0.308 e. The van der Waals surface area contributed by atoms with Gasteiger partial charge in [-0.05, 0) is 37.8 Å². The van der Waals surface area contributed by atoms with E-state index < -0.39 is 0 Å². The maximum atomic E-state index is 12.5. The third kappa shape index (κ3) is 2.61. The summed E-state index contributed by atoms with van der Waals surface area (Å²) in [5.74, 6) is 0.0361. The number of carbonyl (C=O) groups excluding carboxylic acids is 1. The zero-order valence-corrected chi connectivity index (χ0v) is 12.0. The van der Waals surface area contributed by atoms with E-state index in [4.69, 9.17) is 4.74 Å². The molecule has 0 bridgehead atoms. The number of pyridine rings is 1. The molecular weight excluding hydrogens is 266 g/mol. The maximum absolute atomic E-state index is 12.5. The molecule has 1 aromatic heterocycles. The summed E-state index contributed by atoms with van der Waals surface area (Å²) in [7, 11) is 0. The molecule has 1 aliphatic rings. The molecular formula is C17H17NO3. The molecule has 4 heteroatoms. The Morgan fingerprint density at radius 2 is 1.86 bits per heavy atom. The van der Waals surface area contributed by atoms with Gasteiger partial charge in [0.1, 0.15) is 5.75 Å². The van der Waals surface area contributed by atoms with Crippen molar-refractivity contribution in [3.05, 3.63) is 58.0 Å². The minimum absolute atomic E-state index is 0.155. The molecule has 2 aromatic rings. The summed E-state index contributed by atoms with van der Waals surface area (Å²) >= 11 is 0. The number of aromatic nitrogens is 1. The molecule has 108 valence electrons. The van der Waals surface area contributed by atoms with Gasteiger partial charge >= 0.3 is 5.97 Å². The lowest BCUT2D eigenvalue weighted by Gasteiger charge is -2.23. The highest BCUT2D eigenvalue weighted by Crippen LogP contribution is 2.29. The molecule has 0 N–H and O–H groups in total. The minimum atomic E-state index is -0.389. The van der Waals surface area contributed by atoms with Crippen LogP contribution in [0.4, 0.5) is 0 Å². The second kappa shape index (κ2) is 5.56. The lowest BCUT2D eigenvalue weighted by molar-refractivity contribution is -0.131. The molecule has 0 saturated carbocycles. The Morgan fingerprint density at radius 1 is 1.14 bits per heavy atom. The van der Waals surface area contributed by atoms with Crippen molar-refractivity contribution in [1.29, 1.82) is 0 Å². The highest BCUT2D eigenvalue weighted by atomic mass is 16.5. The van der Waals surface area contributed by atoms with Gasteiger partial charge in [0.2, 0.25) is 0 Å². The molecule has 0 amide bonds. The van der Waals surface area contributed by atoms with Gasteiger partial charge < -0.3 is 4.74 Å². The molecule has 3 rings (SSSR count). The third-order valence-electron chi connectivity index (χ3n) is 3.75. The molecule has 1 heterocycles. The fourth-order valence-corrected chi connectivity index (χ4v) is 2.90. The number of hydrogen-bond acceptors (Lipinski definition) is 3. The average molecular weight is 283 g/mol. The van der Waals surface area contributed by atoms with Gasteiger partial charge in [-0.2, -0.15) is 0 Å². The average Bonchev–Trinajstić information content (AvgIpc) is 2.48. The van der Waals surface area contributed by atoms with Crippen molar-refractivity contribution >= 4 is 5.97 Å². The lowest BCUT2D eigenvalue weighted by Crippen LogP contribution is -2.26. The largest absolute Gasteiger partial charge is 0.426 e. The Labute approximate surface area is 123 Å². The van der Waals surface area contributed by atoms with Gasteiger partial charge in [0.25, 0.3) is 5.56 Å². The van der Waals surface area contributed by atoms with Crippen LogP contribution in [0.5, 0.6) is 5.75 Å². The molecule has 0 unspecified atom stereocenters. The molecule has 21 heavy (non-hydrogen) atoms. The minimum Gasteiger partial charge on any atom is -0.426 e. The monoisotopic (exact) mass is 283 g/mol. The molecule has 0 radical (unpaired) electrons. The Kier molecular flexibility index (Phi) is 3.60. The van der Waals surface area contributed by atoms with Gasteiger partial charge in [-0.1, -0.05) is 18.2 Å². The van der Waals surface area contributed by atoms with Crippen molar-refractivity contribution in [2.45, 2.75) is 32.6 Å². The van der Waals surface area contributed by atoms with E-state index in [0.29, 0.717) is 5.75 Å². The van der Waals surface area contributed by atoms with E-state index in [1.54, 1.807) is 4.57 Å². The molecule has 0 fully saturated rings. The summed E-state index contributed by atoms with van der Waals surface area (Å²) < 4.78 is 6.97. The van der Waals surface area contributed by atoms with Gasteiger partial charge in [0, 0.05) is 29.9 Å². The van der Waals surface area contributed by atoms with Gasteiger partial charge in [0.05, 0.1) is 0 Å². The van der Waals surface area contributed by atoms with Crippen LogP contribution in [0, 0.1) is 0 Å². The first-order valence-electron chi connectivity index (χ1n) is 7.18. The second-order valence-corrected chi connectivity index (χ2v) is 5.24. The number of rotatable bonds is 2. The number of hydrogen-bond donors (Lipinski definition) is 0. The number of ether oxygens (including phenoxy) is 1. The number of carbonyl (C=O) groups is 1. The van der Waals surface area contributed by atoms with E-state index in [1.165, 1.54) is 13.0 Å². The fraction of sp³-hybridized carbons (Fsp3) is 0.294. The first kappa shape index (κ1) is 13.6. The predicted molar refractivity (Wildman–Crippen MR) is 80.0 cm³/mol. The Morgan fingerprint density at radius 3 is 2.57 bits per heavy atom. The van der Waals surface area contributed by atoms with Crippen molar-refractivity contribution in [2.75, 3.05) is 0 Å². The van der Waals surface area contributed by atoms with E-state index in [1.807, 2.05) is 30.3 Å². The van der Waals surface area contributed by atoms with Gasteiger partial charge in [0.15, 0.2) is 0 Å². The zero-order valence-electron chi connectivity index (χ0n) is 12.0. The first-order valence-corrected chi connectivity index (χ1v) is 7.18. The molecule has 0 aliphatic heterocycles. The van der Waals surface area contributed by atoms with E-state index in [9.17, 15) is 9.59 Å². The van der Waals surface area contributed by atoms with Crippen LogP contribution < -0.4 is 10.3 Å². The number of nitrogens with zero attached hydrogens (tertiary/aromatic N) is 1. The summed E-state index contributed by atoms with van der Waals surface area (Å²) in [6.45, 7) is 1.36. The fourth-order valence-electron chi connectivity index (χ4n) is 2.90. The highest BCUT2D eigenvalue weighted by molar-refractivity contribution is 5.70. The third-order valence-corrected chi connectivity index (χ3v) is 3.75. The van der Waals surface area contributed by atoms with Crippen LogP contribution in [-0.2, 0) is 17.6 Å². The van der Waals surface area contributed by atoms with E-state index in [-0.39, 0.29) is 11.5 Å². The number of benzene rings is 1. The van der Waals surface area contributed by atoms with E-state index >= 15 is 0 Å². The van der Waals surface area contributed by atoms with Crippen LogP contribution in [0.2, 0.25) is 0 Å². The topological polar surface area (TPSA) is 48.3 Å². The summed E-state index contributed by atoms with van der Waals surface area (Å²) in [6.07, 6.45) is 3.76. The number of fused-ring (bicyclic) bond motifs is 1. The second-order valence-electron chi connectivity index (χ2n) is 5.24. The first-order chi connectivity index (χ1) is 10.2. The van der Waals surface area contributed by atoms with Crippen LogP contribution in [0.1, 0.15) is 31.0 Å². The Balaban J connectivity index is 2.22. The molecule has 0 spiro atoms. The molecule has 0 atom stereocenters. The van der Waals surface area contributed by atoms with Crippen LogP contribution in [-0.4, -0.2) is 10.5 Å². The predicted octanol–water partition coefficient (Wildman–Crippen LogP) is 2.64. The summed E-state index contributed by atoms with van der Waals surface area (Å²) in [6, 6.07) is 11.0. The number of para-hydroxylation sites is 1. The van der Waals surface area contributed by atoms with Gasteiger partial charge in [-0.15, -0.1) is 0 Å². The van der Waals surface area contributed by atoms with Crippen molar-refractivity contribution < 1.29 is 9.53 Å². The molecule has 0 saturated heterocycles. The Hall–Kier alpha value is -2.36. The van der Waals surface area contributed by atoms with Gasteiger partial charge in [-0.25, -0.2) is 0 Å². The molecule has 1 aliphatic carbocycles. The van der Waals surface area contributed by atoms with E-state index in [0.717, 1.165) is 42.6 Å². The molecule has 1 aromatic carbocycles. The van der Waals surface area contributed by atoms with Crippen molar-refractivity contribution in [3.63, 3.8) is 0 Å². The summed E-state index contributed by atoms with van der Waals surface area (Å²) in [5.41, 5.74) is 2.66. The van der Waals surface area contributed by atoms with E-state index in [2.05, 4.69) is 0 Å². The number of esters is 1. The van der Waals surface area contributed by atoms with Crippen LogP contribution in [0.15, 0.2) is 41.2 Å². The quantitative estimate of drug-likeness (QED) is 0.796. The smallest absolute Gasteiger partial charge is 0.308 e. The summed E-state index contributed by atoms with van der Waals surface area (Å²) in [4.78, 5) is 23.7. The van der Waals surface area contributed by atoms with Crippen molar-refractivity contribution in [1.82, 2.24) is 4.57 Å². The van der Waals surface area contributed by atoms with Gasteiger partial charge in [-0.3, -0.25) is 14.2 Å². The zero-order chi connectivity index (χ0) is 14.8.